The van der Waals surface area contributed by atoms with E-state index in [1.165, 1.54) is 17.9 Å². The molecule has 0 bridgehead atoms. The van der Waals surface area contributed by atoms with Gasteiger partial charge in [-0.2, -0.15) is 11.8 Å². The molecule has 19 heavy (non-hydrogen) atoms. The summed E-state index contributed by atoms with van der Waals surface area (Å²) in [5, 5.41) is 13.3. The molecule has 2 N–H and O–H groups in total. The van der Waals surface area contributed by atoms with Crippen molar-refractivity contribution in [2.45, 2.75) is 38.3 Å². The van der Waals surface area contributed by atoms with Crippen molar-refractivity contribution >= 4 is 11.8 Å². The molecule has 2 aliphatic rings. The van der Waals surface area contributed by atoms with E-state index in [2.05, 4.69) is 24.4 Å². The van der Waals surface area contributed by atoms with Crippen LogP contribution in [0.3, 0.4) is 0 Å². The molecule has 0 radical (unpaired) electrons. The van der Waals surface area contributed by atoms with Crippen LogP contribution in [0.4, 0.5) is 0 Å². The zero-order valence-electron chi connectivity index (χ0n) is 11.9. The Hall–Kier alpha value is -0.0300. The Labute approximate surface area is 121 Å². The standard InChI is InChI=1S/C15H27NO2S/c1-12-4-2-3-5-13(12)9-18-10-15(17)8-16-14-6-7-19-11-14/h2-3,12-17H,4-11H2,1H3. The Kier molecular flexibility index (Phi) is 6.71. The number of ether oxygens (including phenoxy) is 1. The molecule has 1 saturated heterocycles. The number of aliphatic hydroxyl groups excluding tert-OH is 1. The van der Waals surface area contributed by atoms with E-state index in [1.54, 1.807) is 0 Å². The summed E-state index contributed by atoms with van der Waals surface area (Å²) < 4.78 is 5.69. The molecule has 3 nitrogen and oxygen atoms in total. The van der Waals surface area contributed by atoms with Crippen LogP contribution in [0.15, 0.2) is 12.2 Å². The molecule has 4 unspecified atom stereocenters. The highest BCUT2D eigenvalue weighted by molar-refractivity contribution is 7.99. The van der Waals surface area contributed by atoms with Crippen LogP contribution in [0.25, 0.3) is 0 Å². The van der Waals surface area contributed by atoms with Crippen molar-refractivity contribution in [2.24, 2.45) is 11.8 Å². The Bertz CT molecular complexity index is 279. The number of rotatable bonds is 7. The van der Waals surface area contributed by atoms with Gasteiger partial charge in [-0.05, 0) is 36.9 Å². The predicted molar refractivity (Wildman–Crippen MR) is 81.6 cm³/mol. The van der Waals surface area contributed by atoms with Crippen LogP contribution >= 0.6 is 11.8 Å². The predicted octanol–water partition coefficient (Wildman–Crippen LogP) is 2.06. The van der Waals surface area contributed by atoms with Gasteiger partial charge >= 0.3 is 0 Å². The van der Waals surface area contributed by atoms with Crippen molar-refractivity contribution in [2.75, 3.05) is 31.3 Å². The third kappa shape index (κ3) is 5.46. The first kappa shape index (κ1) is 15.4. The molecule has 0 aromatic carbocycles. The monoisotopic (exact) mass is 285 g/mol. The quantitative estimate of drug-likeness (QED) is 0.703. The van der Waals surface area contributed by atoms with Crippen molar-refractivity contribution in [3.8, 4) is 0 Å². The van der Waals surface area contributed by atoms with Gasteiger partial charge in [-0.3, -0.25) is 0 Å². The van der Waals surface area contributed by atoms with Gasteiger partial charge in [0.25, 0.3) is 0 Å². The fraction of sp³-hybridized carbons (Fsp3) is 0.867. The fourth-order valence-electron chi connectivity index (χ4n) is 2.65. The van der Waals surface area contributed by atoms with Gasteiger partial charge in [0.2, 0.25) is 0 Å². The van der Waals surface area contributed by atoms with Gasteiger partial charge in [0.1, 0.15) is 0 Å². The van der Waals surface area contributed by atoms with E-state index in [4.69, 9.17) is 4.74 Å². The zero-order valence-corrected chi connectivity index (χ0v) is 12.7. The molecule has 1 heterocycles. The van der Waals surface area contributed by atoms with E-state index in [0.717, 1.165) is 19.4 Å². The van der Waals surface area contributed by atoms with E-state index in [1.807, 2.05) is 11.8 Å². The SMILES string of the molecule is CC1CC=CCC1COCC(O)CNC1CCSC1. The summed E-state index contributed by atoms with van der Waals surface area (Å²) in [5.41, 5.74) is 0. The van der Waals surface area contributed by atoms with Crippen molar-refractivity contribution in [3.63, 3.8) is 0 Å². The van der Waals surface area contributed by atoms with E-state index in [0.29, 0.717) is 31.0 Å². The molecular formula is C15H27NO2S. The molecular weight excluding hydrogens is 258 g/mol. The number of aliphatic hydroxyl groups is 1. The van der Waals surface area contributed by atoms with Gasteiger partial charge in [0, 0.05) is 18.3 Å². The van der Waals surface area contributed by atoms with Gasteiger partial charge in [0.15, 0.2) is 0 Å². The van der Waals surface area contributed by atoms with Crippen molar-refractivity contribution in [1.82, 2.24) is 5.32 Å². The van der Waals surface area contributed by atoms with Crippen LogP contribution in [0.2, 0.25) is 0 Å². The summed E-state index contributed by atoms with van der Waals surface area (Å²) in [6, 6.07) is 0.586. The first-order chi connectivity index (χ1) is 9.25. The average molecular weight is 285 g/mol. The van der Waals surface area contributed by atoms with Gasteiger partial charge in [0.05, 0.1) is 19.3 Å². The molecule has 0 aromatic rings. The molecule has 0 aromatic heterocycles. The van der Waals surface area contributed by atoms with Crippen LogP contribution in [-0.4, -0.2) is 48.5 Å². The number of hydrogen-bond acceptors (Lipinski definition) is 4. The van der Waals surface area contributed by atoms with Crippen LogP contribution in [0.1, 0.15) is 26.2 Å². The average Bonchev–Trinajstić information content (AvgIpc) is 2.92. The number of allylic oxidation sites excluding steroid dienone is 2. The van der Waals surface area contributed by atoms with E-state index >= 15 is 0 Å². The minimum absolute atomic E-state index is 0.375. The number of thioether (sulfide) groups is 1. The number of nitrogens with one attached hydrogen (secondary N) is 1. The molecule has 0 saturated carbocycles. The summed E-state index contributed by atoms with van der Waals surface area (Å²) >= 11 is 1.99. The third-order valence-corrected chi connectivity index (χ3v) is 5.29. The maximum absolute atomic E-state index is 9.90. The highest BCUT2D eigenvalue weighted by atomic mass is 32.2. The molecule has 4 heteroatoms. The normalized spacial score (nSPS) is 32.6. The maximum Gasteiger partial charge on any atom is 0.0897 e. The van der Waals surface area contributed by atoms with Gasteiger partial charge in [-0.15, -0.1) is 0 Å². The van der Waals surface area contributed by atoms with Crippen molar-refractivity contribution in [1.29, 1.82) is 0 Å². The van der Waals surface area contributed by atoms with Gasteiger partial charge in [-0.25, -0.2) is 0 Å². The molecule has 110 valence electrons. The van der Waals surface area contributed by atoms with Crippen LogP contribution in [-0.2, 0) is 4.74 Å². The lowest BCUT2D eigenvalue weighted by Gasteiger charge is -2.25. The smallest absolute Gasteiger partial charge is 0.0897 e. The second-order valence-corrected chi connectivity index (χ2v) is 6.99. The fourth-order valence-corrected chi connectivity index (χ4v) is 3.84. The van der Waals surface area contributed by atoms with E-state index in [-0.39, 0.29) is 6.10 Å². The van der Waals surface area contributed by atoms with Crippen molar-refractivity contribution < 1.29 is 9.84 Å². The number of hydrogen-bond donors (Lipinski definition) is 2. The molecule has 1 aliphatic carbocycles. The Balaban J connectivity index is 1.53. The second kappa shape index (κ2) is 8.30. The van der Waals surface area contributed by atoms with E-state index < -0.39 is 0 Å². The highest BCUT2D eigenvalue weighted by Crippen LogP contribution is 2.25. The second-order valence-electron chi connectivity index (χ2n) is 5.84. The lowest BCUT2D eigenvalue weighted by atomic mass is 9.85. The van der Waals surface area contributed by atoms with Crippen LogP contribution in [0.5, 0.6) is 0 Å². The molecule has 0 spiro atoms. The maximum atomic E-state index is 9.90. The molecule has 1 aliphatic heterocycles. The Morgan fingerprint density at radius 2 is 2.26 bits per heavy atom. The Morgan fingerprint density at radius 1 is 1.42 bits per heavy atom. The summed E-state index contributed by atoms with van der Waals surface area (Å²) in [7, 11) is 0. The minimum Gasteiger partial charge on any atom is -0.389 e. The van der Waals surface area contributed by atoms with E-state index in [9.17, 15) is 5.11 Å². The first-order valence-corrected chi connectivity index (χ1v) is 8.63. The Morgan fingerprint density at radius 3 is 3.00 bits per heavy atom. The molecule has 1 fully saturated rings. The van der Waals surface area contributed by atoms with Crippen LogP contribution < -0.4 is 5.32 Å². The van der Waals surface area contributed by atoms with Gasteiger partial charge < -0.3 is 15.2 Å². The van der Waals surface area contributed by atoms with Gasteiger partial charge in [-0.1, -0.05) is 19.1 Å². The largest absolute Gasteiger partial charge is 0.389 e. The third-order valence-electron chi connectivity index (χ3n) is 4.13. The summed E-state index contributed by atoms with van der Waals surface area (Å²) in [6.07, 6.45) is 7.65. The summed E-state index contributed by atoms with van der Waals surface area (Å²) in [5.74, 6) is 3.75. The van der Waals surface area contributed by atoms with Crippen molar-refractivity contribution in [3.05, 3.63) is 12.2 Å². The topological polar surface area (TPSA) is 41.5 Å². The summed E-state index contributed by atoms with van der Waals surface area (Å²) in [4.78, 5) is 0. The molecule has 4 atom stereocenters. The first-order valence-electron chi connectivity index (χ1n) is 7.47. The molecule has 2 rings (SSSR count). The van der Waals surface area contributed by atoms with Crippen LogP contribution in [0, 0.1) is 11.8 Å². The lowest BCUT2D eigenvalue weighted by Crippen LogP contribution is -2.37. The summed E-state index contributed by atoms with van der Waals surface area (Å²) in [6.45, 7) is 4.18. The lowest BCUT2D eigenvalue weighted by molar-refractivity contribution is 0.0121. The minimum atomic E-state index is -0.375. The highest BCUT2D eigenvalue weighted by Gasteiger charge is 2.19. The zero-order chi connectivity index (χ0) is 13.5. The molecule has 0 amide bonds.